The number of halogens is 2. The third-order valence-corrected chi connectivity index (χ3v) is 4.76. The van der Waals surface area contributed by atoms with Gasteiger partial charge in [-0.3, -0.25) is 0 Å². The molecule has 0 unspecified atom stereocenters. The summed E-state index contributed by atoms with van der Waals surface area (Å²) in [7, 11) is 4.51. The maximum atomic E-state index is 12.0. The average Bonchev–Trinajstić information content (AvgIpc) is 3.25. The number of esters is 1. The van der Waals surface area contributed by atoms with Crippen molar-refractivity contribution < 1.29 is 28.2 Å². The van der Waals surface area contributed by atoms with Crippen LogP contribution in [0.3, 0.4) is 0 Å². The SMILES string of the molecule is COc1cc(-c2nnc(COC(=O)/C=C/c3c(Cl)cccc3Cl)o2)cc(OC)c1OC. The van der Waals surface area contributed by atoms with E-state index in [9.17, 15) is 4.79 Å². The van der Waals surface area contributed by atoms with Gasteiger partial charge in [-0.15, -0.1) is 10.2 Å². The van der Waals surface area contributed by atoms with E-state index in [1.54, 1.807) is 30.3 Å². The standard InChI is InChI=1S/C21H18Cl2N2O6/c1-27-16-9-12(10-17(28-2)20(16)29-3)21-25-24-18(31-21)11-30-19(26)8-7-13-14(22)5-4-6-15(13)23/h4-10H,11H2,1-3H3/b8-7+. The van der Waals surface area contributed by atoms with Crippen LogP contribution in [0, 0.1) is 0 Å². The van der Waals surface area contributed by atoms with Crippen molar-refractivity contribution in [2.45, 2.75) is 6.61 Å². The zero-order valence-corrected chi connectivity index (χ0v) is 18.4. The monoisotopic (exact) mass is 464 g/mol. The predicted octanol–water partition coefficient (Wildman–Crippen LogP) is 4.83. The molecule has 31 heavy (non-hydrogen) atoms. The minimum atomic E-state index is -0.622. The van der Waals surface area contributed by atoms with Crippen LogP contribution in [0.15, 0.2) is 40.8 Å². The van der Waals surface area contributed by atoms with Crippen molar-refractivity contribution in [2.24, 2.45) is 0 Å². The number of methoxy groups -OCH3 is 3. The van der Waals surface area contributed by atoms with E-state index in [1.165, 1.54) is 33.5 Å². The topological polar surface area (TPSA) is 92.9 Å². The number of nitrogens with zero attached hydrogens (tertiary/aromatic N) is 2. The number of aromatic nitrogens is 2. The van der Waals surface area contributed by atoms with E-state index in [0.29, 0.717) is 38.4 Å². The second-order valence-electron chi connectivity index (χ2n) is 5.99. The van der Waals surface area contributed by atoms with Crippen LogP contribution in [-0.4, -0.2) is 37.5 Å². The van der Waals surface area contributed by atoms with Crippen molar-refractivity contribution in [1.29, 1.82) is 0 Å². The molecule has 0 spiro atoms. The number of benzene rings is 2. The zero-order valence-electron chi connectivity index (χ0n) is 16.8. The molecule has 2 aromatic carbocycles. The van der Waals surface area contributed by atoms with Gasteiger partial charge in [-0.25, -0.2) is 4.79 Å². The summed E-state index contributed by atoms with van der Waals surface area (Å²) in [6, 6.07) is 8.38. The predicted molar refractivity (Wildman–Crippen MR) is 115 cm³/mol. The maximum absolute atomic E-state index is 12.0. The van der Waals surface area contributed by atoms with Gasteiger partial charge in [-0.05, 0) is 30.3 Å². The summed E-state index contributed by atoms with van der Waals surface area (Å²) in [4.78, 5) is 12.0. The minimum absolute atomic E-state index is 0.112. The fraction of sp³-hybridized carbons (Fsp3) is 0.190. The van der Waals surface area contributed by atoms with Crippen LogP contribution in [0.1, 0.15) is 11.5 Å². The molecule has 1 aromatic heterocycles. The summed E-state index contributed by atoms with van der Waals surface area (Å²) < 4.78 is 26.6. The Kier molecular flexibility index (Phi) is 7.38. The second kappa shape index (κ2) is 10.2. The number of hydrogen-bond acceptors (Lipinski definition) is 8. The largest absolute Gasteiger partial charge is 0.493 e. The van der Waals surface area contributed by atoms with Crippen molar-refractivity contribution >= 4 is 35.2 Å². The molecule has 10 heteroatoms. The Bertz CT molecular complexity index is 1070. The highest BCUT2D eigenvalue weighted by Gasteiger charge is 2.18. The van der Waals surface area contributed by atoms with Crippen molar-refractivity contribution in [3.05, 3.63) is 57.9 Å². The molecule has 0 saturated carbocycles. The van der Waals surface area contributed by atoms with E-state index in [4.69, 9.17) is 46.6 Å². The first-order chi connectivity index (χ1) is 15.0. The van der Waals surface area contributed by atoms with Crippen LogP contribution >= 0.6 is 23.2 Å². The van der Waals surface area contributed by atoms with Crippen LogP contribution in [-0.2, 0) is 16.1 Å². The lowest BCUT2D eigenvalue weighted by atomic mass is 10.2. The summed E-state index contributed by atoms with van der Waals surface area (Å²) in [5.41, 5.74) is 1.07. The number of carbonyl (C=O) groups is 1. The van der Waals surface area contributed by atoms with Crippen molar-refractivity contribution in [3.8, 4) is 28.7 Å². The van der Waals surface area contributed by atoms with E-state index < -0.39 is 5.97 Å². The van der Waals surface area contributed by atoms with Gasteiger partial charge in [0, 0.05) is 27.2 Å². The van der Waals surface area contributed by atoms with Crippen LogP contribution in [0.5, 0.6) is 17.2 Å². The Hall–Kier alpha value is -3.23. The van der Waals surface area contributed by atoms with Gasteiger partial charge in [-0.2, -0.15) is 0 Å². The van der Waals surface area contributed by atoms with Crippen LogP contribution in [0.4, 0.5) is 0 Å². The van der Waals surface area contributed by atoms with Crippen LogP contribution in [0.25, 0.3) is 17.5 Å². The molecule has 0 aliphatic carbocycles. The summed E-state index contributed by atoms with van der Waals surface area (Å²) in [5.74, 6) is 0.999. The fourth-order valence-electron chi connectivity index (χ4n) is 2.64. The van der Waals surface area contributed by atoms with Gasteiger partial charge < -0.3 is 23.4 Å². The molecule has 1 heterocycles. The molecule has 0 radical (unpaired) electrons. The molecule has 0 bridgehead atoms. The zero-order chi connectivity index (χ0) is 22.4. The Morgan fingerprint density at radius 3 is 2.26 bits per heavy atom. The third-order valence-electron chi connectivity index (χ3n) is 4.10. The molecule has 0 N–H and O–H groups in total. The molecule has 8 nitrogen and oxygen atoms in total. The summed E-state index contributed by atoms with van der Waals surface area (Å²) in [6.07, 6.45) is 2.69. The summed E-state index contributed by atoms with van der Waals surface area (Å²) in [6.45, 7) is -0.211. The lowest BCUT2D eigenvalue weighted by molar-refractivity contribution is -0.139. The highest BCUT2D eigenvalue weighted by atomic mass is 35.5. The van der Waals surface area contributed by atoms with Crippen molar-refractivity contribution in [2.75, 3.05) is 21.3 Å². The highest BCUT2D eigenvalue weighted by Crippen LogP contribution is 2.40. The van der Waals surface area contributed by atoms with E-state index in [2.05, 4.69) is 10.2 Å². The van der Waals surface area contributed by atoms with Crippen LogP contribution in [0.2, 0.25) is 10.0 Å². The Morgan fingerprint density at radius 1 is 1.03 bits per heavy atom. The molecular formula is C21H18Cl2N2O6. The molecule has 0 saturated heterocycles. The Labute approximate surface area is 188 Å². The minimum Gasteiger partial charge on any atom is -0.493 e. The van der Waals surface area contributed by atoms with Crippen LogP contribution < -0.4 is 14.2 Å². The first kappa shape index (κ1) is 22.5. The number of carbonyl (C=O) groups excluding carboxylic acids is 1. The molecule has 0 aliphatic heterocycles. The first-order valence-corrected chi connectivity index (χ1v) is 9.64. The molecule has 0 atom stereocenters. The van der Waals surface area contributed by atoms with E-state index >= 15 is 0 Å². The first-order valence-electron chi connectivity index (χ1n) is 8.88. The molecule has 0 aliphatic rings. The van der Waals surface area contributed by atoms with Gasteiger partial charge >= 0.3 is 5.97 Å². The molecular weight excluding hydrogens is 447 g/mol. The average molecular weight is 465 g/mol. The fourth-order valence-corrected chi connectivity index (χ4v) is 3.16. The molecule has 3 aromatic rings. The van der Waals surface area contributed by atoms with Gasteiger partial charge in [0.15, 0.2) is 18.1 Å². The van der Waals surface area contributed by atoms with Gasteiger partial charge in [0.2, 0.25) is 11.6 Å². The molecule has 3 rings (SSSR count). The Balaban J connectivity index is 1.69. The summed E-state index contributed by atoms with van der Waals surface area (Å²) in [5, 5.41) is 8.71. The van der Waals surface area contributed by atoms with Crippen molar-refractivity contribution in [1.82, 2.24) is 10.2 Å². The number of hydrogen-bond donors (Lipinski definition) is 0. The third kappa shape index (κ3) is 5.28. The summed E-state index contributed by atoms with van der Waals surface area (Å²) >= 11 is 12.1. The number of ether oxygens (including phenoxy) is 4. The smallest absolute Gasteiger partial charge is 0.331 e. The lowest BCUT2D eigenvalue weighted by Crippen LogP contribution is -2.01. The Morgan fingerprint density at radius 2 is 1.68 bits per heavy atom. The lowest BCUT2D eigenvalue weighted by Gasteiger charge is -2.12. The maximum Gasteiger partial charge on any atom is 0.331 e. The van der Waals surface area contributed by atoms with Gasteiger partial charge in [0.25, 0.3) is 5.89 Å². The number of rotatable bonds is 8. The van der Waals surface area contributed by atoms with Gasteiger partial charge in [0.05, 0.1) is 21.3 Å². The quantitative estimate of drug-likeness (QED) is 0.345. The molecule has 162 valence electrons. The van der Waals surface area contributed by atoms with Crippen molar-refractivity contribution in [3.63, 3.8) is 0 Å². The second-order valence-corrected chi connectivity index (χ2v) is 6.81. The molecule has 0 fully saturated rings. The van der Waals surface area contributed by atoms with E-state index in [1.807, 2.05) is 0 Å². The van der Waals surface area contributed by atoms with E-state index in [0.717, 1.165) is 0 Å². The molecule has 0 amide bonds. The van der Waals surface area contributed by atoms with Gasteiger partial charge in [-0.1, -0.05) is 29.3 Å². The normalized spacial score (nSPS) is 10.9. The van der Waals surface area contributed by atoms with E-state index in [-0.39, 0.29) is 18.4 Å². The highest BCUT2D eigenvalue weighted by molar-refractivity contribution is 6.37. The van der Waals surface area contributed by atoms with Gasteiger partial charge in [0.1, 0.15) is 0 Å².